The predicted octanol–water partition coefficient (Wildman–Crippen LogP) is 2.89. The largest absolute Gasteiger partial charge is 0.296 e. The first kappa shape index (κ1) is 19.7. The standard InChI is InChI=1S/C17H17ClFN3O4S/c18-14-4-3-5-15(19)13(14)12-20-8-10-21(11-9-20)27(25,26)17-7-2-1-6-16(17)22(23)24/h1-7H,8-12H2. The number of benzene rings is 2. The SMILES string of the molecule is O=[N+]([O-])c1ccccc1S(=O)(=O)N1CCN(Cc2c(F)cccc2Cl)CC1. The average molecular weight is 414 g/mol. The summed E-state index contributed by atoms with van der Waals surface area (Å²) in [5, 5.41) is 11.5. The van der Waals surface area contributed by atoms with E-state index in [0.717, 1.165) is 0 Å². The molecule has 7 nitrogen and oxygen atoms in total. The molecule has 1 heterocycles. The van der Waals surface area contributed by atoms with Gasteiger partial charge in [-0.05, 0) is 18.2 Å². The molecule has 10 heteroatoms. The van der Waals surface area contributed by atoms with E-state index in [9.17, 15) is 22.9 Å². The van der Waals surface area contributed by atoms with E-state index in [-0.39, 0.29) is 24.5 Å². The van der Waals surface area contributed by atoms with Crippen molar-refractivity contribution in [3.8, 4) is 0 Å². The number of rotatable bonds is 5. The molecular weight excluding hydrogens is 397 g/mol. The minimum absolute atomic E-state index is 0.153. The average Bonchev–Trinajstić information content (AvgIpc) is 2.65. The van der Waals surface area contributed by atoms with Crippen LogP contribution in [0.1, 0.15) is 5.56 Å². The van der Waals surface area contributed by atoms with Gasteiger partial charge >= 0.3 is 0 Å². The third-order valence-electron chi connectivity index (χ3n) is 4.45. The summed E-state index contributed by atoms with van der Waals surface area (Å²) in [5.74, 6) is -0.405. The molecule has 1 fully saturated rings. The minimum Gasteiger partial charge on any atom is -0.296 e. The summed E-state index contributed by atoms with van der Waals surface area (Å²) in [5.41, 5.74) is -0.0766. The van der Waals surface area contributed by atoms with Crippen LogP contribution in [-0.2, 0) is 16.6 Å². The summed E-state index contributed by atoms with van der Waals surface area (Å²) in [7, 11) is -3.99. The zero-order chi connectivity index (χ0) is 19.6. The van der Waals surface area contributed by atoms with Crippen molar-refractivity contribution in [1.82, 2.24) is 9.21 Å². The van der Waals surface area contributed by atoms with Crippen LogP contribution < -0.4 is 0 Å². The molecule has 2 aromatic rings. The summed E-state index contributed by atoms with van der Waals surface area (Å²) in [6.45, 7) is 1.31. The molecule has 2 aromatic carbocycles. The highest BCUT2D eigenvalue weighted by atomic mass is 35.5. The van der Waals surface area contributed by atoms with Crippen LogP contribution in [0.4, 0.5) is 10.1 Å². The fourth-order valence-corrected chi connectivity index (χ4v) is 4.80. The molecule has 0 spiro atoms. The van der Waals surface area contributed by atoms with Gasteiger partial charge < -0.3 is 0 Å². The lowest BCUT2D eigenvalue weighted by Crippen LogP contribution is -2.48. The molecule has 27 heavy (non-hydrogen) atoms. The Morgan fingerprint density at radius 1 is 1.07 bits per heavy atom. The second-order valence-corrected chi connectivity index (χ2v) is 8.42. The van der Waals surface area contributed by atoms with Crippen molar-refractivity contribution >= 4 is 27.3 Å². The van der Waals surface area contributed by atoms with Crippen LogP contribution in [0.3, 0.4) is 0 Å². The third-order valence-corrected chi connectivity index (χ3v) is 6.75. The van der Waals surface area contributed by atoms with Gasteiger partial charge in [0.25, 0.3) is 5.69 Å². The van der Waals surface area contributed by atoms with E-state index in [0.29, 0.717) is 23.7 Å². The summed E-state index contributed by atoms with van der Waals surface area (Å²) < 4.78 is 40.8. The second kappa shape index (κ2) is 7.89. The van der Waals surface area contributed by atoms with E-state index in [1.54, 1.807) is 6.07 Å². The Morgan fingerprint density at radius 2 is 1.74 bits per heavy atom. The molecule has 1 aliphatic heterocycles. The van der Waals surface area contributed by atoms with Gasteiger partial charge in [-0.15, -0.1) is 0 Å². The van der Waals surface area contributed by atoms with Crippen LogP contribution in [0.5, 0.6) is 0 Å². The lowest BCUT2D eigenvalue weighted by Gasteiger charge is -2.34. The zero-order valence-corrected chi connectivity index (χ0v) is 15.8. The molecule has 0 aliphatic carbocycles. The number of para-hydroxylation sites is 1. The summed E-state index contributed by atoms with van der Waals surface area (Å²) in [6.07, 6.45) is 0. The molecule has 0 radical (unpaired) electrons. The van der Waals surface area contributed by atoms with E-state index < -0.39 is 26.5 Å². The lowest BCUT2D eigenvalue weighted by molar-refractivity contribution is -0.387. The molecule has 1 saturated heterocycles. The first-order valence-electron chi connectivity index (χ1n) is 8.19. The molecule has 0 saturated carbocycles. The summed E-state index contributed by atoms with van der Waals surface area (Å²) in [6, 6.07) is 9.75. The maximum atomic E-state index is 13.9. The number of sulfonamides is 1. The van der Waals surface area contributed by atoms with Crippen molar-refractivity contribution in [2.24, 2.45) is 0 Å². The van der Waals surface area contributed by atoms with Gasteiger partial charge in [0.15, 0.2) is 4.90 Å². The zero-order valence-electron chi connectivity index (χ0n) is 14.2. The van der Waals surface area contributed by atoms with Gasteiger partial charge in [-0.3, -0.25) is 15.0 Å². The Balaban J connectivity index is 1.73. The van der Waals surface area contributed by atoms with Crippen molar-refractivity contribution < 1.29 is 17.7 Å². The van der Waals surface area contributed by atoms with E-state index in [1.165, 1.54) is 40.7 Å². The highest BCUT2D eigenvalue weighted by Crippen LogP contribution is 2.27. The third kappa shape index (κ3) is 4.11. The number of nitro groups is 1. The first-order chi connectivity index (χ1) is 12.8. The van der Waals surface area contributed by atoms with Crippen molar-refractivity contribution in [1.29, 1.82) is 0 Å². The Hall–Kier alpha value is -2.07. The van der Waals surface area contributed by atoms with Gasteiger partial charge in [0, 0.05) is 49.4 Å². The van der Waals surface area contributed by atoms with Gasteiger partial charge in [-0.2, -0.15) is 4.31 Å². The maximum absolute atomic E-state index is 13.9. The van der Waals surface area contributed by atoms with Crippen LogP contribution in [0.15, 0.2) is 47.4 Å². The number of hydrogen-bond donors (Lipinski definition) is 0. The normalized spacial score (nSPS) is 16.4. The predicted molar refractivity (Wildman–Crippen MR) is 98.5 cm³/mol. The number of piperazine rings is 1. The van der Waals surface area contributed by atoms with Crippen molar-refractivity contribution in [3.63, 3.8) is 0 Å². The first-order valence-corrected chi connectivity index (χ1v) is 10.0. The molecule has 144 valence electrons. The van der Waals surface area contributed by atoms with Gasteiger partial charge in [-0.25, -0.2) is 12.8 Å². The molecule has 0 unspecified atom stereocenters. The van der Waals surface area contributed by atoms with E-state index >= 15 is 0 Å². The van der Waals surface area contributed by atoms with Gasteiger partial charge in [0.05, 0.1) is 4.92 Å². The number of halogens is 2. The fraction of sp³-hybridized carbons (Fsp3) is 0.294. The van der Waals surface area contributed by atoms with Crippen molar-refractivity contribution in [3.05, 3.63) is 69.0 Å². The van der Waals surface area contributed by atoms with Crippen LogP contribution in [0.25, 0.3) is 0 Å². The molecule has 1 aliphatic rings. The Bertz CT molecular complexity index is 942. The monoisotopic (exact) mass is 413 g/mol. The number of nitro benzene ring substituents is 1. The molecule has 0 bridgehead atoms. The molecule has 0 N–H and O–H groups in total. The van der Waals surface area contributed by atoms with Crippen molar-refractivity contribution in [2.45, 2.75) is 11.4 Å². The van der Waals surface area contributed by atoms with Gasteiger partial charge in [0.2, 0.25) is 10.0 Å². The fourth-order valence-electron chi connectivity index (χ4n) is 3.00. The minimum atomic E-state index is -3.99. The second-order valence-electron chi connectivity index (χ2n) is 6.11. The van der Waals surface area contributed by atoms with E-state index in [2.05, 4.69) is 0 Å². The van der Waals surface area contributed by atoms with Crippen LogP contribution >= 0.6 is 11.6 Å². The van der Waals surface area contributed by atoms with E-state index in [1.807, 2.05) is 4.90 Å². The number of hydrogen-bond acceptors (Lipinski definition) is 5. The topological polar surface area (TPSA) is 83.8 Å². The highest BCUT2D eigenvalue weighted by Gasteiger charge is 2.33. The molecular formula is C17H17ClFN3O4S. The van der Waals surface area contributed by atoms with Gasteiger partial charge in [0.1, 0.15) is 5.82 Å². The maximum Gasteiger partial charge on any atom is 0.289 e. The Labute approximate surface area is 161 Å². The molecule has 0 atom stereocenters. The summed E-state index contributed by atoms with van der Waals surface area (Å²) in [4.78, 5) is 12.0. The quantitative estimate of drug-likeness (QED) is 0.556. The van der Waals surface area contributed by atoms with Crippen molar-refractivity contribution in [2.75, 3.05) is 26.2 Å². The Kier molecular flexibility index (Phi) is 5.75. The Morgan fingerprint density at radius 3 is 2.37 bits per heavy atom. The van der Waals surface area contributed by atoms with Crippen LogP contribution in [0.2, 0.25) is 5.02 Å². The van der Waals surface area contributed by atoms with Crippen LogP contribution in [-0.4, -0.2) is 48.7 Å². The molecule has 0 amide bonds. The van der Waals surface area contributed by atoms with Gasteiger partial charge in [-0.1, -0.05) is 29.8 Å². The van der Waals surface area contributed by atoms with E-state index in [4.69, 9.17) is 11.6 Å². The summed E-state index contributed by atoms with van der Waals surface area (Å²) >= 11 is 6.04. The lowest BCUT2D eigenvalue weighted by atomic mass is 10.2. The molecule has 0 aromatic heterocycles. The van der Waals surface area contributed by atoms with Crippen LogP contribution in [0, 0.1) is 15.9 Å². The molecule has 3 rings (SSSR count). The highest BCUT2D eigenvalue weighted by molar-refractivity contribution is 7.89. The number of nitrogens with zero attached hydrogens (tertiary/aromatic N) is 3. The smallest absolute Gasteiger partial charge is 0.289 e.